The lowest BCUT2D eigenvalue weighted by molar-refractivity contribution is 0.369. The summed E-state index contributed by atoms with van der Waals surface area (Å²) in [5.74, 6) is 0.322. The van der Waals surface area contributed by atoms with Crippen LogP contribution in [0.25, 0.3) is 0 Å². The highest BCUT2D eigenvalue weighted by Gasteiger charge is 2.40. The molecule has 0 radical (unpaired) electrons. The van der Waals surface area contributed by atoms with Crippen molar-refractivity contribution >= 4 is 35.9 Å². The predicted octanol–water partition coefficient (Wildman–Crippen LogP) is 4.86. The molecule has 24 heavy (non-hydrogen) atoms. The van der Waals surface area contributed by atoms with Crippen LogP contribution in [0.1, 0.15) is 25.0 Å². The summed E-state index contributed by atoms with van der Waals surface area (Å²) >= 11 is 3.62. The smallest absolute Gasteiger partial charge is 0.115 e. The number of hydrogen-bond acceptors (Lipinski definition) is 4. The van der Waals surface area contributed by atoms with Crippen LogP contribution in [0.2, 0.25) is 0 Å². The van der Waals surface area contributed by atoms with Gasteiger partial charge >= 0.3 is 0 Å². The molecule has 0 aromatic heterocycles. The molecule has 0 bridgehead atoms. The molecule has 0 heterocycles. The normalized spacial score (nSPS) is 21.7. The molecule has 130 valence electrons. The summed E-state index contributed by atoms with van der Waals surface area (Å²) in [5.41, 5.74) is 8.95. The van der Waals surface area contributed by atoms with Crippen molar-refractivity contribution in [1.82, 2.24) is 0 Å². The van der Waals surface area contributed by atoms with Gasteiger partial charge in [-0.2, -0.15) is 0 Å². The summed E-state index contributed by atoms with van der Waals surface area (Å²) in [6.07, 6.45) is 3.03. The van der Waals surface area contributed by atoms with E-state index >= 15 is 0 Å². The zero-order valence-corrected chi connectivity index (χ0v) is 16.6. The molecule has 3 N–H and O–H groups in total. The van der Waals surface area contributed by atoms with Crippen LogP contribution in [0, 0.1) is 0 Å². The molecule has 1 aliphatic carbocycles. The summed E-state index contributed by atoms with van der Waals surface area (Å²) in [5, 5.41) is 10.1. The van der Waals surface area contributed by atoms with E-state index in [0.717, 1.165) is 6.42 Å². The highest BCUT2D eigenvalue weighted by atomic mass is 35.5. The number of phenolic OH excluding ortho intramolecular Hbond substituents is 1. The number of fused-ring (bicyclic) bond motifs is 1. The lowest BCUT2D eigenvalue weighted by Crippen LogP contribution is -2.52. The first-order valence-corrected chi connectivity index (χ1v) is 9.91. The summed E-state index contributed by atoms with van der Waals surface area (Å²) in [6.45, 7) is 4.36. The third-order valence-electron chi connectivity index (χ3n) is 4.79. The zero-order chi connectivity index (χ0) is 16.6. The van der Waals surface area contributed by atoms with Gasteiger partial charge in [0, 0.05) is 26.5 Å². The largest absolute Gasteiger partial charge is 0.508 e. The van der Waals surface area contributed by atoms with Crippen molar-refractivity contribution in [3.8, 4) is 5.75 Å². The van der Waals surface area contributed by atoms with Gasteiger partial charge in [0.2, 0.25) is 0 Å². The molecule has 0 saturated heterocycles. The summed E-state index contributed by atoms with van der Waals surface area (Å²) in [6, 6.07) is 14.4. The Hall–Kier alpha value is -0.810. The zero-order valence-electron chi connectivity index (χ0n) is 14.2. The van der Waals surface area contributed by atoms with E-state index in [1.807, 2.05) is 23.9 Å². The Morgan fingerprint density at radius 1 is 1.08 bits per heavy atom. The number of nitrogens with two attached hydrogens (primary N) is 1. The van der Waals surface area contributed by atoms with Gasteiger partial charge in [0.05, 0.1) is 0 Å². The number of halogens is 1. The van der Waals surface area contributed by atoms with Crippen molar-refractivity contribution in [2.75, 3.05) is 6.26 Å². The number of hydrogen-bond donors (Lipinski definition) is 2. The molecule has 2 aromatic carbocycles. The van der Waals surface area contributed by atoms with E-state index in [0.29, 0.717) is 11.0 Å². The Morgan fingerprint density at radius 3 is 2.33 bits per heavy atom. The average molecular weight is 382 g/mol. The van der Waals surface area contributed by atoms with Gasteiger partial charge in [0.25, 0.3) is 0 Å². The van der Waals surface area contributed by atoms with Crippen LogP contribution < -0.4 is 5.73 Å². The van der Waals surface area contributed by atoms with E-state index in [1.54, 1.807) is 17.8 Å². The molecule has 2 nitrogen and oxygen atoms in total. The van der Waals surface area contributed by atoms with Crippen molar-refractivity contribution < 1.29 is 5.11 Å². The van der Waals surface area contributed by atoms with Gasteiger partial charge in [0.1, 0.15) is 5.75 Å². The summed E-state index contributed by atoms with van der Waals surface area (Å²) in [7, 11) is 0. The first-order valence-electron chi connectivity index (χ1n) is 7.80. The second-order valence-corrected chi connectivity index (χ2v) is 8.82. The molecule has 1 aliphatic rings. The van der Waals surface area contributed by atoms with Crippen LogP contribution in [0.4, 0.5) is 0 Å². The highest BCUT2D eigenvalue weighted by molar-refractivity contribution is 8.00. The standard InChI is InChI=1S/C19H23NOS2.ClH/c1-19(2)16-11-13(21)5-4-12(16)10-17(18(19)20)23-15-8-6-14(22-3)7-9-15;/h4-9,11,17-18,21H,10,20H2,1-3H3;1H/t17-,18+;/m1./s1. The Kier molecular flexibility index (Phi) is 6.19. The molecular formula is C19H24ClNOS2. The predicted molar refractivity (Wildman–Crippen MR) is 108 cm³/mol. The van der Waals surface area contributed by atoms with E-state index in [9.17, 15) is 5.11 Å². The monoisotopic (exact) mass is 381 g/mol. The van der Waals surface area contributed by atoms with E-state index in [2.05, 4.69) is 44.4 Å². The van der Waals surface area contributed by atoms with Gasteiger partial charge in [-0.25, -0.2) is 0 Å². The lowest BCUT2D eigenvalue weighted by Gasteiger charge is -2.43. The number of thioether (sulfide) groups is 2. The summed E-state index contributed by atoms with van der Waals surface area (Å²) in [4.78, 5) is 2.55. The van der Waals surface area contributed by atoms with Gasteiger partial charge < -0.3 is 10.8 Å². The molecule has 0 spiro atoms. The molecule has 0 saturated carbocycles. The first kappa shape index (κ1) is 19.5. The van der Waals surface area contributed by atoms with Crippen molar-refractivity contribution in [3.05, 3.63) is 53.6 Å². The number of aromatic hydroxyl groups is 1. The lowest BCUT2D eigenvalue weighted by atomic mass is 9.69. The van der Waals surface area contributed by atoms with Crippen molar-refractivity contribution in [2.45, 2.75) is 46.8 Å². The molecule has 0 unspecified atom stereocenters. The molecular weight excluding hydrogens is 358 g/mol. The second-order valence-electron chi connectivity index (χ2n) is 6.62. The Labute approximate surface area is 159 Å². The van der Waals surface area contributed by atoms with Crippen LogP contribution >= 0.6 is 35.9 Å². The third-order valence-corrected chi connectivity index (χ3v) is 6.84. The van der Waals surface area contributed by atoms with E-state index in [1.165, 1.54) is 20.9 Å². The molecule has 2 atom stereocenters. The minimum absolute atomic E-state index is 0. The van der Waals surface area contributed by atoms with E-state index in [-0.39, 0.29) is 23.9 Å². The Bertz CT molecular complexity index is 703. The van der Waals surface area contributed by atoms with Crippen LogP contribution in [-0.2, 0) is 11.8 Å². The fraction of sp³-hybridized carbons (Fsp3) is 0.368. The highest BCUT2D eigenvalue weighted by Crippen LogP contribution is 2.43. The molecule has 2 aromatic rings. The van der Waals surface area contributed by atoms with Crippen LogP contribution in [0.15, 0.2) is 52.3 Å². The van der Waals surface area contributed by atoms with Crippen LogP contribution in [-0.4, -0.2) is 22.7 Å². The topological polar surface area (TPSA) is 46.2 Å². The van der Waals surface area contributed by atoms with Gasteiger partial charge in [-0.3, -0.25) is 0 Å². The van der Waals surface area contributed by atoms with Gasteiger partial charge in [-0.1, -0.05) is 19.9 Å². The minimum atomic E-state index is -0.150. The Balaban J connectivity index is 0.00000208. The van der Waals surface area contributed by atoms with Crippen molar-refractivity contribution in [2.24, 2.45) is 5.73 Å². The fourth-order valence-corrected chi connectivity index (χ4v) is 5.08. The molecule has 3 rings (SSSR count). The molecule has 5 heteroatoms. The van der Waals surface area contributed by atoms with Crippen molar-refractivity contribution in [3.63, 3.8) is 0 Å². The molecule has 0 amide bonds. The first-order chi connectivity index (χ1) is 10.9. The number of rotatable bonds is 3. The van der Waals surface area contributed by atoms with E-state index < -0.39 is 0 Å². The number of phenols is 1. The maximum Gasteiger partial charge on any atom is 0.115 e. The third kappa shape index (κ3) is 3.72. The number of benzene rings is 2. The maximum atomic E-state index is 9.81. The summed E-state index contributed by atoms with van der Waals surface area (Å²) < 4.78 is 0. The molecule has 0 aliphatic heterocycles. The molecule has 0 fully saturated rings. The van der Waals surface area contributed by atoms with Crippen LogP contribution in [0.3, 0.4) is 0 Å². The van der Waals surface area contributed by atoms with Gasteiger partial charge in [0.15, 0.2) is 0 Å². The van der Waals surface area contributed by atoms with Crippen molar-refractivity contribution in [1.29, 1.82) is 0 Å². The Morgan fingerprint density at radius 2 is 1.71 bits per heavy atom. The maximum absolute atomic E-state index is 9.81. The fourth-order valence-electron chi connectivity index (χ4n) is 3.27. The SMILES string of the molecule is CSc1ccc(S[C@@H]2Cc3ccc(O)cc3C(C)(C)[C@H]2N)cc1.Cl. The minimum Gasteiger partial charge on any atom is -0.508 e. The van der Waals surface area contributed by atoms with E-state index in [4.69, 9.17) is 5.73 Å². The quantitative estimate of drug-likeness (QED) is 0.745. The van der Waals surface area contributed by atoms with Crippen LogP contribution in [0.5, 0.6) is 5.75 Å². The second kappa shape index (κ2) is 7.61. The van der Waals surface area contributed by atoms with Gasteiger partial charge in [-0.05, 0) is 60.2 Å². The van der Waals surface area contributed by atoms with Gasteiger partial charge in [-0.15, -0.1) is 35.9 Å². The average Bonchev–Trinajstić information content (AvgIpc) is 2.54.